The lowest BCUT2D eigenvalue weighted by Gasteiger charge is -2.20. The van der Waals surface area contributed by atoms with Crippen LogP contribution in [0.4, 0.5) is 0 Å². The molecule has 0 N–H and O–H groups in total. The van der Waals surface area contributed by atoms with E-state index in [2.05, 4.69) is 34.3 Å². The standard InChI is InChI=1S/C8H20P.C2H4O3S/c1-5-9(6-2,7-3)8-4;1-2-6(3,4)5/h5-8H2,1-4H3;2H,1H2,(H,3,4,5)/q+1;/p-1. The van der Waals surface area contributed by atoms with Gasteiger partial charge in [-0.2, -0.15) is 0 Å². The van der Waals surface area contributed by atoms with Gasteiger partial charge < -0.3 is 4.55 Å². The molecule has 0 radical (unpaired) electrons. The Hall–Kier alpha value is 0.0800. The predicted molar refractivity (Wildman–Crippen MR) is 69.0 cm³/mol. The molecule has 92 valence electrons. The van der Waals surface area contributed by atoms with Crippen LogP contribution >= 0.6 is 7.26 Å². The molecular formula is C10H23O3PS. The first-order chi connectivity index (χ1) is 6.80. The van der Waals surface area contributed by atoms with Crippen LogP contribution in [0.25, 0.3) is 0 Å². The normalized spacial score (nSPS) is 11.5. The molecule has 0 saturated heterocycles. The van der Waals surface area contributed by atoms with Gasteiger partial charge >= 0.3 is 0 Å². The van der Waals surface area contributed by atoms with E-state index in [0.29, 0.717) is 5.41 Å². The molecule has 15 heavy (non-hydrogen) atoms. The Labute approximate surface area is 95.1 Å². The van der Waals surface area contributed by atoms with Crippen LogP contribution in [0.5, 0.6) is 0 Å². The summed E-state index contributed by atoms with van der Waals surface area (Å²) in [6.07, 6.45) is 5.82. The van der Waals surface area contributed by atoms with E-state index in [0.717, 1.165) is 0 Å². The van der Waals surface area contributed by atoms with Crippen molar-refractivity contribution in [1.82, 2.24) is 0 Å². The predicted octanol–water partition coefficient (Wildman–Crippen LogP) is 2.76. The zero-order valence-electron chi connectivity index (χ0n) is 10.2. The molecule has 3 nitrogen and oxygen atoms in total. The van der Waals surface area contributed by atoms with Crippen molar-refractivity contribution in [2.24, 2.45) is 0 Å². The third kappa shape index (κ3) is 9.04. The van der Waals surface area contributed by atoms with E-state index in [1.165, 1.54) is 24.6 Å². The highest BCUT2D eigenvalue weighted by molar-refractivity contribution is 7.88. The molecule has 0 aromatic rings. The largest absolute Gasteiger partial charge is 0.745 e. The highest BCUT2D eigenvalue weighted by atomic mass is 32.2. The minimum Gasteiger partial charge on any atom is -0.745 e. The van der Waals surface area contributed by atoms with E-state index in [1.807, 2.05) is 0 Å². The van der Waals surface area contributed by atoms with Crippen molar-refractivity contribution in [3.8, 4) is 0 Å². The molecule has 0 saturated carbocycles. The van der Waals surface area contributed by atoms with E-state index in [1.54, 1.807) is 0 Å². The quantitative estimate of drug-likeness (QED) is 0.560. The molecule has 0 unspecified atom stereocenters. The first-order valence-corrected chi connectivity index (χ1v) is 9.24. The van der Waals surface area contributed by atoms with Crippen molar-refractivity contribution in [2.45, 2.75) is 27.7 Å². The van der Waals surface area contributed by atoms with Crippen molar-refractivity contribution in [3.05, 3.63) is 12.0 Å². The van der Waals surface area contributed by atoms with Crippen molar-refractivity contribution >= 4 is 17.4 Å². The van der Waals surface area contributed by atoms with Gasteiger partial charge in [-0.05, 0) is 27.7 Å². The van der Waals surface area contributed by atoms with Gasteiger partial charge in [-0.25, -0.2) is 8.42 Å². The summed E-state index contributed by atoms with van der Waals surface area (Å²) < 4.78 is 28.0. The van der Waals surface area contributed by atoms with Crippen molar-refractivity contribution in [2.75, 3.05) is 24.6 Å². The Morgan fingerprint density at radius 2 is 1.27 bits per heavy atom. The maximum Gasteiger partial charge on any atom is 0.116 e. The van der Waals surface area contributed by atoms with Crippen LogP contribution in [0.2, 0.25) is 0 Å². The van der Waals surface area contributed by atoms with Gasteiger partial charge in [-0.1, -0.05) is 6.58 Å². The maximum absolute atomic E-state index is 9.33. The van der Waals surface area contributed by atoms with E-state index < -0.39 is 17.4 Å². The zero-order valence-corrected chi connectivity index (χ0v) is 11.9. The summed E-state index contributed by atoms with van der Waals surface area (Å²) in [6, 6.07) is 0. The molecule has 0 rings (SSSR count). The Balaban J connectivity index is 0. The van der Waals surface area contributed by atoms with Crippen LogP contribution in [0.3, 0.4) is 0 Å². The Kier molecular flexibility index (Phi) is 9.62. The fourth-order valence-electron chi connectivity index (χ4n) is 1.34. The lowest BCUT2D eigenvalue weighted by molar-refractivity contribution is 0.474. The molecule has 0 aliphatic heterocycles. The summed E-state index contributed by atoms with van der Waals surface area (Å²) in [5, 5.41) is 0.354. The Bertz CT molecular complexity index is 227. The molecule has 0 fully saturated rings. The Morgan fingerprint density at radius 1 is 1.07 bits per heavy atom. The highest BCUT2D eigenvalue weighted by Crippen LogP contribution is 2.57. The zero-order chi connectivity index (χ0) is 12.5. The molecular weight excluding hydrogens is 231 g/mol. The first-order valence-electron chi connectivity index (χ1n) is 5.24. The topological polar surface area (TPSA) is 57.2 Å². The van der Waals surface area contributed by atoms with Crippen LogP contribution < -0.4 is 0 Å². The second-order valence-electron chi connectivity index (χ2n) is 3.27. The van der Waals surface area contributed by atoms with Gasteiger partial charge in [0.05, 0.1) is 24.6 Å². The van der Waals surface area contributed by atoms with Crippen LogP contribution in [0, 0.1) is 0 Å². The van der Waals surface area contributed by atoms with E-state index >= 15 is 0 Å². The van der Waals surface area contributed by atoms with Gasteiger partial charge in [-0.3, -0.25) is 0 Å². The van der Waals surface area contributed by atoms with Crippen molar-refractivity contribution in [3.63, 3.8) is 0 Å². The molecule has 0 amide bonds. The summed E-state index contributed by atoms with van der Waals surface area (Å²) in [5.41, 5.74) is 0. The number of hydrogen-bond acceptors (Lipinski definition) is 3. The molecule has 0 aromatic carbocycles. The molecule has 0 aliphatic rings. The smallest absolute Gasteiger partial charge is 0.116 e. The maximum atomic E-state index is 9.33. The van der Waals surface area contributed by atoms with E-state index in [9.17, 15) is 13.0 Å². The average molecular weight is 254 g/mol. The van der Waals surface area contributed by atoms with Gasteiger partial charge in [0.25, 0.3) is 0 Å². The molecule has 0 bridgehead atoms. The van der Waals surface area contributed by atoms with Gasteiger partial charge in [0.2, 0.25) is 0 Å². The summed E-state index contributed by atoms with van der Waals surface area (Å²) in [4.78, 5) is 0. The second kappa shape index (κ2) is 8.26. The van der Waals surface area contributed by atoms with Gasteiger partial charge in [0, 0.05) is 12.7 Å². The van der Waals surface area contributed by atoms with Gasteiger partial charge in [0.1, 0.15) is 10.1 Å². The van der Waals surface area contributed by atoms with Gasteiger partial charge in [-0.15, -0.1) is 0 Å². The average Bonchev–Trinajstić information content (AvgIpc) is 2.22. The minimum atomic E-state index is -4.15. The fraction of sp³-hybridized carbons (Fsp3) is 0.800. The van der Waals surface area contributed by atoms with Crippen LogP contribution in [0.15, 0.2) is 12.0 Å². The third-order valence-corrected chi connectivity index (χ3v) is 8.66. The summed E-state index contributed by atoms with van der Waals surface area (Å²) in [6.45, 7) is 12.1. The Morgan fingerprint density at radius 3 is 1.27 bits per heavy atom. The monoisotopic (exact) mass is 254 g/mol. The third-order valence-electron chi connectivity index (χ3n) is 2.89. The molecule has 0 spiro atoms. The molecule has 0 atom stereocenters. The SMILES string of the molecule is C=CS(=O)(=O)[O-].CC[P+](CC)(CC)CC. The van der Waals surface area contributed by atoms with E-state index in [-0.39, 0.29) is 0 Å². The lowest BCUT2D eigenvalue weighted by atomic mass is 10.9. The van der Waals surface area contributed by atoms with E-state index in [4.69, 9.17) is 0 Å². The minimum absolute atomic E-state index is 0.354. The summed E-state index contributed by atoms with van der Waals surface area (Å²) >= 11 is 0. The van der Waals surface area contributed by atoms with Gasteiger partial charge in [0.15, 0.2) is 0 Å². The molecule has 0 aliphatic carbocycles. The fourth-order valence-corrected chi connectivity index (χ4v) is 4.02. The first kappa shape index (κ1) is 17.5. The molecule has 0 heterocycles. The van der Waals surface area contributed by atoms with Crippen LogP contribution in [-0.4, -0.2) is 37.6 Å². The highest BCUT2D eigenvalue weighted by Gasteiger charge is 2.27. The summed E-state index contributed by atoms with van der Waals surface area (Å²) in [5.74, 6) is 0. The van der Waals surface area contributed by atoms with Crippen molar-refractivity contribution in [1.29, 1.82) is 0 Å². The molecule has 0 aromatic heterocycles. The number of hydrogen-bond donors (Lipinski definition) is 0. The van der Waals surface area contributed by atoms with Crippen molar-refractivity contribution < 1.29 is 13.0 Å². The van der Waals surface area contributed by atoms with Crippen LogP contribution in [0.1, 0.15) is 27.7 Å². The molecule has 5 heteroatoms. The second-order valence-corrected chi connectivity index (χ2v) is 9.80. The summed E-state index contributed by atoms with van der Waals surface area (Å²) in [7, 11) is -4.57. The number of rotatable bonds is 5. The lowest BCUT2D eigenvalue weighted by Crippen LogP contribution is -2.04. The van der Waals surface area contributed by atoms with Crippen LogP contribution in [-0.2, 0) is 10.1 Å².